The molecular formula is C20H18FN3O4. The van der Waals surface area contributed by atoms with Gasteiger partial charge in [0.15, 0.2) is 5.54 Å². The number of ether oxygens (including phenoxy) is 1. The molecule has 144 valence electrons. The summed E-state index contributed by atoms with van der Waals surface area (Å²) in [6.07, 6.45) is 0.262. The van der Waals surface area contributed by atoms with Gasteiger partial charge >= 0.3 is 6.03 Å². The van der Waals surface area contributed by atoms with Crippen LogP contribution in [0.2, 0.25) is 0 Å². The number of urea groups is 1. The maximum atomic E-state index is 13.1. The highest BCUT2D eigenvalue weighted by molar-refractivity contribution is 6.08. The minimum absolute atomic E-state index is 0.0531. The molecule has 2 aromatic carbocycles. The second-order valence-corrected chi connectivity index (χ2v) is 6.69. The quantitative estimate of drug-likeness (QED) is 0.794. The Hall–Kier alpha value is -3.42. The molecule has 2 N–H and O–H groups in total. The van der Waals surface area contributed by atoms with Gasteiger partial charge in [-0.25, -0.2) is 9.18 Å². The molecule has 2 aliphatic rings. The lowest BCUT2D eigenvalue weighted by molar-refractivity contribution is -0.132. The van der Waals surface area contributed by atoms with Crippen LogP contribution in [0.15, 0.2) is 48.5 Å². The predicted molar refractivity (Wildman–Crippen MR) is 98.1 cm³/mol. The molecule has 1 fully saturated rings. The summed E-state index contributed by atoms with van der Waals surface area (Å²) in [5.74, 6) is -0.596. The van der Waals surface area contributed by atoms with Crippen molar-refractivity contribution in [3.63, 3.8) is 0 Å². The lowest BCUT2D eigenvalue weighted by atomic mass is 9.84. The summed E-state index contributed by atoms with van der Waals surface area (Å²) in [6.45, 7) is 0.254. The van der Waals surface area contributed by atoms with Gasteiger partial charge in [0, 0.05) is 30.6 Å². The van der Waals surface area contributed by atoms with Crippen molar-refractivity contribution < 1.29 is 23.5 Å². The summed E-state index contributed by atoms with van der Waals surface area (Å²) in [5.41, 5.74) is -0.0874. The van der Waals surface area contributed by atoms with Gasteiger partial charge in [-0.2, -0.15) is 0 Å². The number of fused-ring (bicyclic) bond motifs is 2. The average molecular weight is 383 g/mol. The number of nitrogens with one attached hydrogen (secondary N) is 2. The third-order valence-electron chi connectivity index (χ3n) is 4.95. The van der Waals surface area contributed by atoms with E-state index in [1.165, 1.54) is 24.3 Å². The van der Waals surface area contributed by atoms with E-state index in [1.54, 1.807) is 24.3 Å². The molecule has 28 heavy (non-hydrogen) atoms. The van der Waals surface area contributed by atoms with Gasteiger partial charge in [-0.3, -0.25) is 14.5 Å². The van der Waals surface area contributed by atoms with Gasteiger partial charge in [0.1, 0.15) is 11.6 Å². The van der Waals surface area contributed by atoms with Crippen molar-refractivity contribution >= 4 is 23.5 Å². The smallest absolute Gasteiger partial charge is 0.325 e. The number of hydrogen-bond acceptors (Lipinski definition) is 4. The molecule has 4 rings (SSSR count). The molecule has 0 aliphatic carbocycles. The Bertz CT molecular complexity index is 947. The van der Waals surface area contributed by atoms with Gasteiger partial charge < -0.3 is 15.4 Å². The van der Waals surface area contributed by atoms with Crippen LogP contribution in [0.25, 0.3) is 0 Å². The Morgan fingerprint density at radius 2 is 1.93 bits per heavy atom. The molecule has 1 saturated heterocycles. The van der Waals surface area contributed by atoms with Crippen LogP contribution in [0.4, 0.5) is 14.9 Å². The summed E-state index contributed by atoms with van der Waals surface area (Å²) in [4.78, 5) is 38.7. The van der Waals surface area contributed by atoms with Crippen LogP contribution in [-0.2, 0) is 15.1 Å². The second kappa shape index (κ2) is 6.95. The highest BCUT2D eigenvalue weighted by Crippen LogP contribution is 2.40. The summed E-state index contributed by atoms with van der Waals surface area (Å²) < 4.78 is 18.5. The SMILES string of the molecule is O=C(CCN1C(=O)N[C@@]2(CCOc3ccccc32)C1=O)Nc1ccc(F)cc1. The van der Waals surface area contributed by atoms with E-state index in [9.17, 15) is 18.8 Å². The molecule has 0 radical (unpaired) electrons. The Kier molecular flexibility index (Phi) is 4.46. The van der Waals surface area contributed by atoms with Crippen LogP contribution in [0.1, 0.15) is 18.4 Å². The normalized spacial score (nSPS) is 20.5. The van der Waals surface area contributed by atoms with Crippen molar-refractivity contribution in [3.8, 4) is 5.75 Å². The number of halogens is 1. The number of carbonyl (C=O) groups is 3. The number of anilines is 1. The number of para-hydroxylation sites is 1. The van der Waals surface area contributed by atoms with Gasteiger partial charge in [0.2, 0.25) is 5.91 Å². The zero-order chi connectivity index (χ0) is 19.7. The lowest BCUT2D eigenvalue weighted by Crippen LogP contribution is -2.47. The summed E-state index contributed by atoms with van der Waals surface area (Å²) in [6, 6.07) is 11.9. The number of carbonyl (C=O) groups excluding carboxylic acids is 3. The molecule has 2 aromatic rings. The number of benzene rings is 2. The summed E-state index contributed by atoms with van der Waals surface area (Å²) in [5, 5.41) is 5.40. The van der Waals surface area contributed by atoms with Gasteiger partial charge in [0.05, 0.1) is 6.61 Å². The van der Waals surface area contributed by atoms with Crippen LogP contribution in [0, 0.1) is 5.82 Å². The fourth-order valence-electron chi connectivity index (χ4n) is 3.55. The van der Waals surface area contributed by atoms with E-state index in [2.05, 4.69) is 10.6 Å². The minimum atomic E-state index is -1.15. The van der Waals surface area contributed by atoms with Gasteiger partial charge in [-0.15, -0.1) is 0 Å². The van der Waals surface area contributed by atoms with Gasteiger partial charge in [0.25, 0.3) is 5.91 Å². The van der Waals surface area contributed by atoms with Crippen molar-refractivity contribution in [1.29, 1.82) is 0 Å². The predicted octanol–water partition coefficient (Wildman–Crippen LogP) is 2.38. The lowest BCUT2D eigenvalue weighted by Gasteiger charge is -2.33. The molecule has 0 unspecified atom stereocenters. The van der Waals surface area contributed by atoms with Crippen molar-refractivity contribution in [2.45, 2.75) is 18.4 Å². The van der Waals surface area contributed by atoms with Crippen molar-refractivity contribution in [3.05, 3.63) is 59.9 Å². The number of amides is 4. The Morgan fingerprint density at radius 3 is 2.71 bits per heavy atom. The molecule has 8 heteroatoms. The number of nitrogens with zero attached hydrogens (tertiary/aromatic N) is 1. The zero-order valence-electron chi connectivity index (χ0n) is 14.9. The molecular weight excluding hydrogens is 365 g/mol. The first kappa shape index (κ1) is 18.0. The first-order valence-corrected chi connectivity index (χ1v) is 8.91. The van der Waals surface area contributed by atoms with E-state index < -0.39 is 17.4 Å². The summed E-state index contributed by atoms with van der Waals surface area (Å²) in [7, 11) is 0. The maximum Gasteiger partial charge on any atom is 0.325 e. The van der Waals surface area contributed by atoms with Crippen molar-refractivity contribution in [2.24, 2.45) is 0 Å². The molecule has 2 aliphatic heterocycles. The van der Waals surface area contributed by atoms with Crippen LogP contribution in [0.3, 0.4) is 0 Å². The topological polar surface area (TPSA) is 87.7 Å². The maximum absolute atomic E-state index is 13.1. The van der Waals surface area contributed by atoms with Crippen LogP contribution in [-0.4, -0.2) is 35.9 Å². The number of rotatable bonds is 4. The van der Waals surface area contributed by atoms with Crippen molar-refractivity contribution in [1.82, 2.24) is 10.2 Å². The monoisotopic (exact) mass is 383 g/mol. The van der Waals surface area contributed by atoms with E-state index in [0.29, 0.717) is 30.0 Å². The molecule has 0 bridgehead atoms. The molecule has 4 amide bonds. The molecule has 0 saturated carbocycles. The van der Waals surface area contributed by atoms with E-state index in [-0.39, 0.29) is 24.8 Å². The Labute approximate surface area is 160 Å². The largest absolute Gasteiger partial charge is 0.493 e. The number of hydrogen-bond donors (Lipinski definition) is 2. The third-order valence-corrected chi connectivity index (χ3v) is 4.95. The third kappa shape index (κ3) is 3.06. The highest BCUT2D eigenvalue weighted by atomic mass is 19.1. The van der Waals surface area contributed by atoms with E-state index in [0.717, 1.165) is 4.90 Å². The minimum Gasteiger partial charge on any atom is -0.493 e. The molecule has 2 heterocycles. The molecule has 7 nitrogen and oxygen atoms in total. The fourth-order valence-corrected chi connectivity index (χ4v) is 3.55. The Balaban J connectivity index is 1.45. The second-order valence-electron chi connectivity index (χ2n) is 6.69. The average Bonchev–Trinajstić information content (AvgIpc) is 2.92. The van der Waals surface area contributed by atoms with Gasteiger partial charge in [-0.05, 0) is 30.3 Å². The first-order valence-electron chi connectivity index (χ1n) is 8.91. The number of imide groups is 1. The highest BCUT2D eigenvalue weighted by Gasteiger charge is 2.54. The Morgan fingerprint density at radius 1 is 1.18 bits per heavy atom. The summed E-state index contributed by atoms with van der Waals surface area (Å²) >= 11 is 0. The van der Waals surface area contributed by atoms with E-state index >= 15 is 0 Å². The standard InChI is InChI=1S/C20H18FN3O4/c21-13-5-7-14(8-6-13)22-17(25)9-11-24-18(26)20(23-19(24)27)10-12-28-16-4-2-1-3-15(16)20/h1-8H,9-12H2,(H,22,25)(H,23,27)/t20-/m1/s1. The van der Waals surface area contributed by atoms with Crippen LogP contribution in [0.5, 0.6) is 5.75 Å². The van der Waals surface area contributed by atoms with Crippen LogP contribution >= 0.6 is 0 Å². The fraction of sp³-hybridized carbons (Fsp3) is 0.250. The zero-order valence-corrected chi connectivity index (χ0v) is 14.9. The molecule has 1 spiro atoms. The van der Waals surface area contributed by atoms with Crippen LogP contribution < -0.4 is 15.4 Å². The van der Waals surface area contributed by atoms with E-state index in [4.69, 9.17) is 4.74 Å². The molecule has 0 aromatic heterocycles. The van der Waals surface area contributed by atoms with E-state index in [1.807, 2.05) is 0 Å². The first-order chi connectivity index (χ1) is 13.5. The van der Waals surface area contributed by atoms with Crippen molar-refractivity contribution in [2.75, 3.05) is 18.5 Å². The van der Waals surface area contributed by atoms with Gasteiger partial charge in [-0.1, -0.05) is 18.2 Å². The molecule has 1 atom stereocenters.